The summed E-state index contributed by atoms with van der Waals surface area (Å²) >= 11 is 0. The van der Waals surface area contributed by atoms with Crippen LogP contribution in [0.25, 0.3) is 0 Å². The largest absolute Gasteiger partial charge is 0.303 e. The Morgan fingerprint density at radius 3 is 1.59 bits per heavy atom. The summed E-state index contributed by atoms with van der Waals surface area (Å²) in [6, 6.07) is 1.88. The summed E-state index contributed by atoms with van der Waals surface area (Å²) in [4.78, 5) is 15.1. The molecule has 27 heavy (non-hydrogen) atoms. The van der Waals surface area contributed by atoms with Crippen molar-refractivity contribution < 1.29 is 4.79 Å². The number of hydrogen-bond acceptors (Lipinski definition) is 3. The molecule has 3 heteroatoms. The lowest BCUT2D eigenvalue weighted by molar-refractivity contribution is -0.110. The van der Waals surface area contributed by atoms with E-state index in [9.17, 15) is 4.79 Å². The molecular weight excluding hydrogens is 332 g/mol. The highest BCUT2D eigenvalue weighted by molar-refractivity contribution is 5.51. The van der Waals surface area contributed by atoms with Crippen LogP contribution in [0, 0.1) is 11.8 Å². The van der Waals surface area contributed by atoms with Gasteiger partial charge in [-0.05, 0) is 31.6 Å². The van der Waals surface area contributed by atoms with Gasteiger partial charge >= 0.3 is 0 Å². The Morgan fingerprint density at radius 1 is 0.815 bits per heavy atom. The highest BCUT2D eigenvalue weighted by Gasteiger charge is 2.34. The van der Waals surface area contributed by atoms with Gasteiger partial charge in [0.1, 0.15) is 6.29 Å². The van der Waals surface area contributed by atoms with Crippen molar-refractivity contribution in [3.63, 3.8) is 0 Å². The van der Waals surface area contributed by atoms with Crippen LogP contribution in [0.3, 0.4) is 0 Å². The summed E-state index contributed by atoms with van der Waals surface area (Å²) < 4.78 is 0. The van der Waals surface area contributed by atoms with Crippen molar-refractivity contribution in [3.05, 3.63) is 0 Å². The molecule has 0 aromatic carbocycles. The highest BCUT2D eigenvalue weighted by Crippen LogP contribution is 2.34. The van der Waals surface area contributed by atoms with Crippen molar-refractivity contribution in [1.82, 2.24) is 9.80 Å². The van der Waals surface area contributed by atoms with Gasteiger partial charge in [0.15, 0.2) is 0 Å². The van der Waals surface area contributed by atoms with E-state index in [0.29, 0.717) is 0 Å². The second kappa shape index (κ2) is 16.5. The molecule has 3 rings (SSSR count). The molecule has 0 bridgehead atoms. The van der Waals surface area contributed by atoms with Crippen molar-refractivity contribution in [1.29, 1.82) is 0 Å². The van der Waals surface area contributed by atoms with E-state index in [1.165, 1.54) is 77.5 Å². The van der Waals surface area contributed by atoms with Gasteiger partial charge in [0, 0.05) is 44.2 Å². The zero-order valence-corrected chi connectivity index (χ0v) is 19.7. The van der Waals surface area contributed by atoms with Gasteiger partial charge in [-0.3, -0.25) is 9.80 Å². The van der Waals surface area contributed by atoms with Crippen molar-refractivity contribution in [2.45, 2.75) is 112 Å². The van der Waals surface area contributed by atoms with Gasteiger partial charge in [0.25, 0.3) is 0 Å². The van der Waals surface area contributed by atoms with Crippen LogP contribution in [0.2, 0.25) is 0 Å². The van der Waals surface area contributed by atoms with Gasteiger partial charge in [0.05, 0.1) is 0 Å². The third kappa shape index (κ3) is 10.1. The normalized spacial score (nSPS) is 26.4. The summed E-state index contributed by atoms with van der Waals surface area (Å²) in [5.74, 6) is 1.25. The van der Waals surface area contributed by atoms with E-state index in [1.807, 2.05) is 41.5 Å². The second-order valence-corrected chi connectivity index (χ2v) is 8.14. The van der Waals surface area contributed by atoms with Crippen LogP contribution < -0.4 is 0 Å². The first-order valence-electron chi connectivity index (χ1n) is 12.1. The van der Waals surface area contributed by atoms with Gasteiger partial charge in [-0.25, -0.2) is 0 Å². The topological polar surface area (TPSA) is 23.6 Å². The Labute approximate surface area is 171 Å². The summed E-state index contributed by atoms with van der Waals surface area (Å²) in [6.45, 7) is 19.4. The molecule has 1 saturated heterocycles. The number of piperazine rings is 1. The average molecular weight is 383 g/mol. The van der Waals surface area contributed by atoms with E-state index in [1.54, 1.807) is 0 Å². The van der Waals surface area contributed by atoms with Gasteiger partial charge in [0.2, 0.25) is 0 Å². The molecule has 0 spiro atoms. The van der Waals surface area contributed by atoms with Crippen LogP contribution >= 0.6 is 0 Å². The Balaban J connectivity index is 0.000000646. The number of aldehydes is 1. The predicted octanol–water partition coefficient (Wildman–Crippen LogP) is 6.02. The van der Waals surface area contributed by atoms with Crippen LogP contribution in [0.15, 0.2) is 0 Å². The molecule has 162 valence electrons. The molecule has 3 aliphatic rings. The van der Waals surface area contributed by atoms with Gasteiger partial charge < -0.3 is 4.79 Å². The molecule has 2 aliphatic carbocycles. The summed E-state index contributed by atoms with van der Waals surface area (Å²) in [5, 5.41) is 0. The molecule has 3 fully saturated rings. The molecule has 1 aliphatic heterocycles. The van der Waals surface area contributed by atoms with E-state index < -0.39 is 0 Å². The third-order valence-electron chi connectivity index (χ3n) is 6.02. The molecule has 3 nitrogen and oxygen atoms in total. The Morgan fingerprint density at radius 2 is 1.22 bits per heavy atom. The van der Waals surface area contributed by atoms with Crippen LogP contribution in [-0.4, -0.2) is 54.3 Å². The molecule has 0 atom stereocenters. The van der Waals surface area contributed by atoms with Crippen LogP contribution in [0.5, 0.6) is 0 Å². The van der Waals surface area contributed by atoms with E-state index in [2.05, 4.69) is 16.7 Å². The Bertz CT molecular complexity index is 325. The van der Waals surface area contributed by atoms with Gasteiger partial charge in [-0.15, -0.1) is 0 Å². The highest BCUT2D eigenvalue weighted by atomic mass is 16.1. The predicted molar refractivity (Wildman–Crippen MR) is 120 cm³/mol. The van der Waals surface area contributed by atoms with Crippen LogP contribution in [0.1, 0.15) is 99.8 Å². The lowest BCUT2D eigenvalue weighted by Crippen LogP contribution is -2.56. The fraction of sp³-hybridized carbons (Fsp3) is 0.958. The first-order chi connectivity index (χ1) is 13.1. The van der Waals surface area contributed by atoms with Crippen molar-refractivity contribution in [3.8, 4) is 0 Å². The molecular formula is C24H50N2O. The van der Waals surface area contributed by atoms with Gasteiger partial charge in [-0.1, -0.05) is 74.1 Å². The SMILES string of the molecule is CC.CC.CC(C)C=O.CCC1CC(N2CCN(C3CCCCC3)CC2)C1. The number of nitrogens with zero attached hydrogens (tertiary/aromatic N) is 2. The second-order valence-electron chi connectivity index (χ2n) is 8.14. The Kier molecular flexibility index (Phi) is 16.3. The first kappa shape index (κ1) is 26.6. The lowest BCUT2D eigenvalue weighted by atomic mass is 9.77. The Hall–Kier alpha value is -0.410. The minimum Gasteiger partial charge on any atom is -0.303 e. The van der Waals surface area contributed by atoms with Crippen LogP contribution in [-0.2, 0) is 4.79 Å². The zero-order valence-electron chi connectivity index (χ0n) is 19.7. The molecule has 0 amide bonds. The minimum absolute atomic E-state index is 0.204. The molecule has 0 aromatic heterocycles. The van der Waals surface area contributed by atoms with E-state index in [4.69, 9.17) is 0 Å². The van der Waals surface area contributed by atoms with Crippen molar-refractivity contribution >= 4 is 6.29 Å². The molecule has 0 unspecified atom stereocenters. The summed E-state index contributed by atoms with van der Waals surface area (Å²) in [7, 11) is 0. The first-order valence-corrected chi connectivity index (χ1v) is 12.1. The smallest absolute Gasteiger partial charge is 0.122 e. The quantitative estimate of drug-likeness (QED) is 0.555. The zero-order chi connectivity index (χ0) is 20.7. The van der Waals surface area contributed by atoms with Gasteiger partial charge in [-0.2, -0.15) is 0 Å². The number of hydrogen-bond donors (Lipinski definition) is 0. The van der Waals surface area contributed by atoms with E-state index in [0.717, 1.165) is 24.3 Å². The molecule has 0 N–H and O–H groups in total. The van der Waals surface area contributed by atoms with Crippen molar-refractivity contribution in [2.24, 2.45) is 11.8 Å². The molecule has 0 aromatic rings. The lowest BCUT2D eigenvalue weighted by Gasteiger charge is -2.48. The summed E-state index contributed by atoms with van der Waals surface area (Å²) in [6.07, 6.45) is 12.7. The standard InChI is InChI=1S/C16H30N2.C4H8O.2C2H6/c1-2-14-12-16(13-14)18-10-8-17(9-11-18)15-6-4-3-5-7-15;1-4(2)3-5;2*1-2/h14-16H,2-13H2,1H3;3-4H,1-2H3;2*1-2H3. The minimum atomic E-state index is 0.204. The fourth-order valence-electron chi connectivity index (χ4n) is 4.25. The molecule has 0 radical (unpaired) electrons. The maximum Gasteiger partial charge on any atom is 0.122 e. The number of carbonyl (C=O) groups is 1. The van der Waals surface area contributed by atoms with E-state index in [-0.39, 0.29) is 5.92 Å². The molecule has 1 heterocycles. The number of rotatable bonds is 4. The fourth-order valence-corrected chi connectivity index (χ4v) is 4.25. The third-order valence-corrected chi connectivity index (χ3v) is 6.02. The van der Waals surface area contributed by atoms with Crippen LogP contribution in [0.4, 0.5) is 0 Å². The van der Waals surface area contributed by atoms with E-state index >= 15 is 0 Å². The average Bonchev–Trinajstić information content (AvgIpc) is 2.72. The summed E-state index contributed by atoms with van der Waals surface area (Å²) in [5.41, 5.74) is 0. The maximum atomic E-state index is 9.50. The molecule has 2 saturated carbocycles. The maximum absolute atomic E-state index is 9.50. The monoisotopic (exact) mass is 382 g/mol. The van der Waals surface area contributed by atoms with Crippen molar-refractivity contribution in [2.75, 3.05) is 26.2 Å². The number of carbonyl (C=O) groups excluding carboxylic acids is 1.